The number of aryl methyl sites for hydroxylation is 1. The fraction of sp³-hybridized carbons (Fsp3) is 0.667. The maximum atomic E-state index is 12.2. The summed E-state index contributed by atoms with van der Waals surface area (Å²) in [6.07, 6.45) is 8.65. The first-order chi connectivity index (χ1) is 10.1. The molecular formula is C15H22LiN3O3. The number of amides is 1. The quantitative estimate of drug-likeness (QED) is 0.630. The van der Waals surface area contributed by atoms with Crippen LogP contribution in [0, 0.1) is 5.92 Å². The molecule has 0 bridgehead atoms. The van der Waals surface area contributed by atoms with E-state index in [2.05, 4.69) is 10.4 Å². The molecule has 1 N–H and O–H groups in total. The van der Waals surface area contributed by atoms with Crippen molar-refractivity contribution in [3.63, 3.8) is 0 Å². The second-order valence-corrected chi connectivity index (χ2v) is 5.72. The summed E-state index contributed by atoms with van der Waals surface area (Å²) in [7, 11) is 1.65. The normalized spacial score (nSPS) is 17.7. The molecule has 0 saturated heterocycles. The summed E-state index contributed by atoms with van der Waals surface area (Å²) in [6.45, 7) is 0. The van der Waals surface area contributed by atoms with E-state index < -0.39 is 17.9 Å². The van der Waals surface area contributed by atoms with Gasteiger partial charge in [0, 0.05) is 13.2 Å². The third-order valence-corrected chi connectivity index (χ3v) is 4.22. The zero-order valence-corrected chi connectivity index (χ0v) is 13.4. The Balaban J connectivity index is 0.00000242. The van der Waals surface area contributed by atoms with E-state index in [0.29, 0.717) is 5.69 Å². The monoisotopic (exact) mass is 299 g/mol. The largest absolute Gasteiger partial charge is 1.00 e. The summed E-state index contributed by atoms with van der Waals surface area (Å²) >= 11 is 0. The van der Waals surface area contributed by atoms with Crippen molar-refractivity contribution in [2.75, 3.05) is 0 Å². The number of aromatic nitrogens is 2. The smallest absolute Gasteiger partial charge is 0.548 e. The van der Waals surface area contributed by atoms with E-state index in [1.807, 2.05) is 0 Å². The Morgan fingerprint density at radius 3 is 2.36 bits per heavy atom. The number of carboxylic acid groups (broad SMARTS) is 1. The minimum Gasteiger partial charge on any atom is -0.548 e. The zero-order chi connectivity index (χ0) is 15.2. The van der Waals surface area contributed by atoms with E-state index in [4.69, 9.17) is 0 Å². The Labute approximate surface area is 142 Å². The van der Waals surface area contributed by atoms with Crippen LogP contribution in [0.4, 0.5) is 0 Å². The van der Waals surface area contributed by atoms with Crippen LogP contribution in [0.5, 0.6) is 0 Å². The molecule has 6 nitrogen and oxygen atoms in total. The van der Waals surface area contributed by atoms with Gasteiger partial charge in [-0.3, -0.25) is 9.48 Å². The summed E-state index contributed by atoms with van der Waals surface area (Å²) in [6, 6.07) is 0.644. The fourth-order valence-electron chi connectivity index (χ4n) is 3.00. The van der Waals surface area contributed by atoms with Crippen molar-refractivity contribution in [3.8, 4) is 0 Å². The first-order valence-electron chi connectivity index (χ1n) is 7.59. The third kappa shape index (κ3) is 4.89. The van der Waals surface area contributed by atoms with Crippen LogP contribution in [0.25, 0.3) is 0 Å². The average molecular weight is 299 g/mol. The average Bonchev–Trinajstić information content (AvgIpc) is 2.82. The molecule has 0 aliphatic heterocycles. The fourth-order valence-corrected chi connectivity index (χ4v) is 3.00. The predicted molar refractivity (Wildman–Crippen MR) is 75.3 cm³/mol. The molecule has 22 heavy (non-hydrogen) atoms. The molecule has 1 atom stereocenters. The molecule has 0 radical (unpaired) electrons. The molecule has 2 rings (SSSR count). The molecule has 1 unspecified atom stereocenters. The SMILES string of the molecule is Cn1nccc1C(=O)NC(C(=O)[O-])C1CCCCCCC1.[Li+]. The van der Waals surface area contributed by atoms with Gasteiger partial charge in [0.25, 0.3) is 5.91 Å². The van der Waals surface area contributed by atoms with Crippen molar-refractivity contribution in [1.29, 1.82) is 0 Å². The Morgan fingerprint density at radius 1 is 1.27 bits per heavy atom. The number of carbonyl (C=O) groups is 2. The van der Waals surface area contributed by atoms with E-state index in [1.54, 1.807) is 13.1 Å². The molecule has 1 aromatic rings. The van der Waals surface area contributed by atoms with Gasteiger partial charge in [-0.25, -0.2) is 0 Å². The number of rotatable bonds is 4. The van der Waals surface area contributed by atoms with Gasteiger partial charge in [0.05, 0.1) is 12.0 Å². The minimum atomic E-state index is -1.20. The van der Waals surface area contributed by atoms with Crippen molar-refractivity contribution >= 4 is 11.9 Å². The van der Waals surface area contributed by atoms with Crippen LogP contribution < -0.4 is 29.3 Å². The molecule has 1 saturated carbocycles. The number of aliphatic carboxylic acids is 1. The maximum Gasteiger partial charge on any atom is 1.00 e. The van der Waals surface area contributed by atoms with Gasteiger partial charge >= 0.3 is 18.9 Å². The first-order valence-corrected chi connectivity index (χ1v) is 7.59. The molecule has 0 spiro atoms. The number of carbonyl (C=O) groups excluding carboxylic acids is 2. The van der Waals surface area contributed by atoms with Gasteiger partial charge in [0.1, 0.15) is 5.69 Å². The second-order valence-electron chi connectivity index (χ2n) is 5.72. The van der Waals surface area contributed by atoms with Crippen LogP contribution in [0.1, 0.15) is 55.4 Å². The second kappa shape index (κ2) is 9.01. The van der Waals surface area contributed by atoms with Crippen LogP contribution in [-0.2, 0) is 11.8 Å². The van der Waals surface area contributed by atoms with Crippen LogP contribution in [0.15, 0.2) is 12.3 Å². The molecule has 1 aromatic heterocycles. The zero-order valence-electron chi connectivity index (χ0n) is 13.4. The summed E-state index contributed by atoms with van der Waals surface area (Å²) in [4.78, 5) is 23.6. The number of hydrogen-bond donors (Lipinski definition) is 1. The number of nitrogens with one attached hydrogen (secondary N) is 1. The number of hydrogen-bond acceptors (Lipinski definition) is 4. The van der Waals surface area contributed by atoms with E-state index in [9.17, 15) is 14.7 Å². The third-order valence-electron chi connectivity index (χ3n) is 4.22. The first kappa shape index (κ1) is 18.8. The number of carboxylic acids is 1. The van der Waals surface area contributed by atoms with Gasteiger partial charge in [-0.2, -0.15) is 5.10 Å². The van der Waals surface area contributed by atoms with E-state index in [1.165, 1.54) is 17.3 Å². The van der Waals surface area contributed by atoms with Crippen molar-refractivity contribution in [1.82, 2.24) is 15.1 Å². The van der Waals surface area contributed by atoms with Crippen LogP contribution >= 0.6 is 0 Å². The van der Waals surface area contributed by atoms with Crippen LogP contribution in [-0.4, -0.2) is 27.7 Å². The van der Waals surface area contributed by atoms with Crippen LogP contribution in [0.2, 0.25) is 0 Å². The van der Waals surface area contributed by atoms with Gasteiger partial charge in [-0.15, -0.1) is 0 Å². The van der Waals surface area contributed by atoms with Crippen LogP contribution in [0.3, 0.4) is 0 Å². The molecule has 116 valence electrons. The van der Waals surface area contributed by atoms with Crippen molar-refractivity contribution in [2.24, 2.45) is 13.0 Å². The Kier molecular flexibility index (Phi) is 7.70. The van der Waals surface area contributed by atoms with Crippen molar-refractivity contribution in [2.45, 2.75) is 51.0 Å². The minimum absolute atomic E-state index is 0. The number of nitrogens with zero attached hydrogens (tertiary/aromatic N) is 2. The van der Waals surface area contributed by atoms with E-state index >= 15 is 0 Å². The molecule has 1 fully saturated rings. The van der Waals surface area contributed by atoms with E-state index in [-0.39, 0.29) is 24.8 Å². The van der Waals surface area contributed by atoms with Gasteiger partial charge < -0.3 is 15.2 Å². The molecule has 7 heteroatoms. The molecule has 1 amide bonds. The molecule has 1 aliphatic rings. The summed E-state index contributed by atoms with van der Waals surface area (Å²) in [5.74, 6) is -1.66. The molecule has 0 aromatic carbocycles. The summed E-state index contributed by atoms with van der Waals surface area (Å²) < 4.78 is 1.43. The summed E-state index contributed by atoms with van der Waals surface area (Å²) in [5, 5.41) is 18.0. The van der Waals surface area contributed by atoms with E-state index in [0.717, 1.165) is 38.5 Å². The Morgan fingerprint density at radius 2 is 1.86 bits per heavy atom. The molecular weight excluding hydrogens is 277 g/mol. The van der Waals surface area contributed by atoms with Gasteiger partial charge in [0.15, 0.2) is 0 Å². The maximum absolute atomic E-state index is 12.2. The standard InChI is InChI=1S/C15H23N3O3.Li/c1-18-12(9-10-16-18)14(19)17-13(15(20)21)11-7-5-3-2-4-6-8-11;/h9-11,13H,2-8H2,1H3,(H,17,19)(H,20,21);/q;+1/p-1. The molecule has 1 aliphatic carbocycles. The van der Waals surface area contributed by atoms with Gasteiger partial charge in [0.2, 0.25) is 0 Å². The van der Waals surface area contributed by atoms with Gasteiger partial charge in [-0.05, 0) is 24.8 Å². The van der Waals surface area contributed by atoms with Gasteiger partial charge in [-0.1, -0.05) is 32.1 Å². The molecule has 1 heterocycles. The van der Waals surface area contributed by atoms with Crippen molar-refractivity contribution in [3.05, 3.63) is 18.0 Å². The topological polar surface area (TPSA) is 87.0 Å². The van der Waals surface area contributed by atoms with Crippen molar-refractivity contribution < 1.29 is 33.6 Å². The predicted octanol–water partition coefficient (Wildman–Crippen LogP) is -2.37. The Bertz CT molecular complexity index is 496. The Hall–Kier alpha value is -1.25. The summed E-state index contributed by atoms with van der Waals surface area (Å²) in [5.41, 5.74) is 0.354.